The van der Waals surface area contributed by atoms with Crippen LogP contribution in [-0.2, 0) is 11.3 Å². The summed E-state index contributed by atoms with van der Waals surface area (Å²) in [5, 5.41) is 19.2. The molecule has 0 aromatic heterocycles. The Labute approximate surface area is 120 Å². The van der Waals surface area contributed by atoms with Gasteiger partial charge in [-0.3, -0.25) is 0 Å². The first kappa shape index (κ1) is 16.7. The first-order chi connectivity index (χ1) is 9.65. The molecule has 0 bridgehead atoms. The van der Waals surface area contributed by atoms with Gasteiger partial charge in [-0.15, -0.1) is 6.58 Å². The summed E-state index contributed by atoms with van der Waals surface area (Å²) in [6, 6.07) is 7.67. The Kier molecular flexibility index (Phi) is 7.95. The molecule has 0 saturated heterocycles. The predicted molar refractivity (Wildman–Crippen MR) is 78.7 cm³/mol. The van der Waals surface area contributed by atoms with Crippen molar-refractivity contribution in [3.8, 4) is 5.75 Å². The fourth-order valence-electron chi connectivity index (χ4n) is 1.85. The topological polar surface area (TPSA) is 58.9 Å². The third-order valence-corrected chi connectivity index (χ3v) is 3.01. The fraction of sp³-hybridized carbons (Fsp3) is 0.500. The molecule has 0 aliphatic carbocycles. The molecule has 0 heterocycles. The summed E-state index contributed by atoms with van der Waals surface area (Å²) >= 11 is 0. The standard InChI is InChI=1S/C16H24O4/c1-3-4-14(17)11-15(18)9-10-20-12-13-5-7-16(19-2)8-6-13/h3,5-8,14-15,17-18H,1,4,9-12H2,2H3/t14-,15-/m1/s1. The molecule has 0 unspecified atom stereocenters. The second-order valence-corrected chi connectivity index (χ2v) is 4.76. The molecular formula is C16H24O4. The first-order valence-electron chi connectivity index (χ1n) is 6.83. The van der Waals surface area contributed by atoms with E-state index in [2.05, 4.69) is 6.58 Å². The highest BCUT2D eigenvalue weighted by molar-refractivity contribution is 5.26. The number of aliphatic hydroxyl groups excluding tert-OH is 2. The van der Waals surface area contributed by atoms with E-state index in [0.29, 0.717) is 32.5 Å². The zero-order chi connectivity index (χ0) is 14.8. The Bertz CT molecular complexity index is 375. The van der Waals surface area contributed by atoms with Crippen LogP contribution in [0.4, 0.5) is 0 Å². The van der Waals surface area contributed by atoms with Gasteiger partial charge in [0, 0.05) is 6.61 Å². The first-order valence-corrected chi connectivity index (χ1v) is 6.83. The van der Waals surface area contributed by atoms with Crippen molar-refractivity contribution in [2.45, 2.75) is 38.1 Å². The number of hydrogen-bond acceptors (Lipinski definition) is 4. The van der Waals surface area contributed by atoms with Crippen LogP contribution in [0.5, 0.6) is 5.75 Å². The van der Waals surface area contributed by atoms with Crippen molar-refractivity contribution >= 4 is 0 Å². The largest absolute Gasteiger partial charge is 0.497 e. The van der Waals surface area contributed by atoms with Crippen molar-refractivity contribution in [2.24, 2.45) is 0 Å². The van der Waals surface area contributed by atoms with Crippen molar-refractivity contribution < 1.29 is 19.7 Å². The monoisotopic (exact) mass is 280 g/mol. The normalized spacial score (nSPS) is 13.8. The summed E-state index contributed by atoms with van der Waals surface area (Å²) in [5.74, 6) is 0.820. The third-order valence-electron chi connectivity index (χ3n) is 3.01. The molecule has 0 fully saturated rings. The van der Waals surface area contributed by atoms with Gasteiger partial charge in [0.2, 0.25) is 0 Å². The highest BCUT2D eigenvalue weighted by Crippen LogP contribution is 2.12. The van der Waals surface area contributed by atoms with Crippen LogP contribution in [0.15, 0.2) is 36.9 Å². The van der Waals surface area contributed by atoms with Crippen molar-refractivity contribution in [3.63, 3.8) is 0 Å². The highest BCUT2D eigenvalue weighted by Gasteiger charge is 2.10. The van der Waals surface area contributed by atoms with E-state index < -0.39 is 12.2 Å². The number of aliphatic hydroxyl groups is 2. The van der Waals surface area contributed by atoms with Crippen molar-refractivity contribution in [1.82, 2.24) is 0 Å². The molecule has 2 atom stereocenters. The molecule has 0 aliphatic heterocycles. The maximum absolute atomic E-state index is 9.72. The smallest absolute Gasteiger partial charge is 0.118 e. The summed E-state index contributed by atoms with van der Waals surface area (Å²) in [6.45, 7) is 4.53. The van der Waals surface area contributed by atoms with E-state index in [1.807, 2.05) is 24.3 Å². The molecule has 1 aromatic rings. The molecule has 2 N–H and O–H groups in total. The van der Waals surface area contributed by atoms with E-state index in [-0.39, 0.29) is 0 Å². The number of benzene rings is 1. The van der Waals surface area contributed by atoms with Gasteiger partial charge in [0.05, 0.1) is 25.9 Å². The highest BCUT2D eigenvalue weighted by atomic mass is 16.5. The molecule has 112 valence electrons. The summed E-state index contributed by atoms with van der Waals surface area (Å²) in [6.07, 6.45) is 1.97. The Hall–Kier alpha value is -1.36. The maximum atomic E-state index is 9.72. The van der Waals surface area contributed by atoms with Crippen LogP contribution < -0.4 is 4.74 Å². The zero-order valence-electron chi connectivity index (χ0n) is 12.0. The van der Waals surface area contributed by atoms with Crippen LogP contribution in [0.3, 0.4) is 0 Å². The molecule has 0 spiro atoms. The van der Waals surface area contributed by atoms with E-state index in [0.717, 1.165) is 11.3 Å². The minimum atomic E-state index is -0.541. The Morgan fingerprint density at radius 1 is 1.20 bits per heavy atom. The Morgan fingerprint density at radius 2 is 1.90 bits per heavy atom. The van der Waals surface area contributed by atoms with Crippen molar-refractivity contribution in [2.75, 3.05) is 13.7 Å². The summed E-state index contributed by atoms with van der Waals surface area (Å²) in [4.78, 5) is 0. The van der Waals surface area contributed by atoms with Gasteiger partial charge in [0.1, 0.15) is 5.75 Å². The van der Waals surface area contributed by atoms with E-state index in [4.69, 9.17) is 9.47 Å². The van der Waals surface area contributed by atoms with E-state index in [9.17, 15) is 10.2 Å². The zero-order valence-corrected chi connectivity index (χ0v) is 12.0. The van der Waals surface area contributed by atoms with E-state index in [1.165, 1.54) is 0 Å². The molecule has 20 heavy (non-hydrogen) atoms. The van der Waals surface area contributed by atoms with Crippen LogP contribution >= 0.6 is 0 Å². The van der Waals surface area contributed by atoms with Gasteiger partial charge in [0.15, 0.2) is 0 Å². The van der Waals surface area contributed by atoms with E-state index >= 15 is 0 Å². The molecule has 4 nitrogen and oxygen atoms in total. The van der Waals surface area contributed by atoms with Gasteiger partial charge in [-0.1, -0.05) is 18.2 Å². The van der Waals surface area contributed by atoms with Gasteiger partial charge in [-0.25, -0.2) is 0 Å². The second kappa shape index (κ2) is 9.53. The predicted octanol–water partition coefficient (Wildman–Crippen LogP) is 2.29. The van der Waals surface area contributed by atoms with Crippen LogP contribution in [0, 0.1) is 0 Å². The molecule has 4 heteroatoms. The third kappa shape index (κ3) is 6.70. The van der Waals surface area contributed by atoms with Gasteiger partial charge >= 0.3 is 0 Å². The number of ether oxygens (including phenoxy) is 2. The molecule has 0 amide bonds. The lowest BCUT2D eigenvalue weighted by molar-refractivity contribution is 0.0424. The lowest BCUT2D eigenvalue weighted by Crippen LogP contribution is -2.18. The summed E-state index contributed by atoms with van der Waals surface area (Å²) in [7, 11) is 1.63. The SMILES string of the molecule is C=CC[C@@H](O)C[C@H](O)CCOCc1ccc(OC)cc1. The van der Waals surface area contributed by atoms with Crippen LogP contribution in [0.25, 0.3) is 0 Å². The number of methoxy groups -OCH3 is 1. The average molecular weight is 280 g/mol. The van der Waals surface area contributed by atoms with Crippen LogP contribution in [0.2, 0.25) is 0 Å². The minimum Gasteiger partial charge on any atom is -0.497 e. The number of rotatable bonds is 10. The van der Waals surface area contributed by atoms with Gasteiger partial charge in [-0.2, -0.15) is 0 Å². The lowest BCUT2D eigenvalue weighted by atomic mass is 10.1. The number of hydrogen-bond donors (Lipinski definition) is 2. The summed E-state index contributed by atoms with van der Waals surface area (Å²) < 4.78 is 10.6. The molecule has 1 aromatic carbocycles. The quantitative estimate of drug-likeness (QED) is 0.510. The van der Waals surface area contributed by atoms with Gasteiger partial charge < -0.3 is 19.7 Å². The van der Waals surface area contributed by atoms with Gasteiger partial charge in [0.25, 0.3) is 0 Å². The van der Waals surface area contributed by atoms with Crippen LogP contribution in [-0.4, -0.2) is 36.1 Å². The summed E-state index contributed by atoms with van der Waals surface area (Å²) in [5.41, 5.74) is 1.06. The van der Waals surface area contributed by atoms with Gasteiger partial charge in [-0.05, 0) is 37.0 Å². The molecule has 0 radical (unpaired) electrons. The molecule has 0 saturated carbocycles. The van der Waals surface area contributed by atoms with Crippen molar-refractivity contribution in [3.05, 3.63) is 42.5 Å². The van der Waals surface area contributed by atoms with Crippen LogP contribution in [0.1, 0.15) is 24.8 Å². The lowest BCUT2D eigenvalue weighted by Gasteiger charge is -2.14. The van der Waals surface area contributed by atoms with Crippen molar-refractivity contribution in [1.29, 1.82) is 0 Å². The average Bonchev–Trinajstić information content (AvgIpc) is 2.44. The maximum Gasteiger partial charge on any atom is 0.118 e. The Morgan fingerprint density at radius 3 is 2.50 bits per heavy atom. The molecule has 0 aliphatic rings. The minimum absolute atomic E-state index is 0.359. The second-order valence-electron chi connectivity index (χ2n) is 4.76. The fourth-order valence-corrected chi connectivity index (χ4v) is 1.85. The molecular weight excluding hydrogens is 256 g/mol. The molecule has 1 rings (SSSR count). The van der Waals surface area contributed by atoms with E-state index in [1.54, 1.807) is 13.2 Å². The Balaban J connectivity index is 2.15.